The van der Waals surface area contributed by atoms with E-state index in [9.17, 15) is 9.59 Å². The first-order chi connectivity index (χ1) is 6.99. The molecule has 0 saturated carbocycles. The quantitative estimate of drug-likeness (QED) is 0.707. The first kappa shape index (κ1) is 10.7. The molecule has 0 aromatic carbocycles. The van der Waals surface area contributed by atoms with Crippen molar-refractivity contribution in [2.45, 2.75) is 49.6 Å². The van der Waals surface area contributed by atoms with Gasteiger partial charge in [0.2, 0.25) is 11.8 Å². The number of nitrogens with zero attached hydrogens (tertiary/aromatic N) is 1. The molecule has 1 atom stereocenters. The highest BCUT2D eigenvalue weighted by Crippen LogP contribution is 2.46. The van der Waals surface area contributed by atoms with Gasteiger partial charge in [-0.05, 0) is 32.6 Å². The maximum atomic E-state index is 11.9. The van der Waals surface area contributed by atoms with Gasteiger partial charge in [-0.25, -0.2) is 0 Å². The van der Waals surface area contributed by atoms with Crippen LogP contribution in [0.1, 0.15) is 32.6 Å². The van der Waals surface area contributed by atoms with Crippen LogP contribution in [0.4, 0.5) is 0 Å². The normalized spacial score (nSPS) is 35.6. The van der Waals surface area contributed by atoms with E-state index in [0.717, 1.165) is 12.8 Å². The SMILES string of the molecule is CC(Cl)C(=O)N1C2CCC1(C(N)=O)CC2. The molecular weight excluding hydrogens is 216 g/mol. The van der Waals surface area contributed by atoms with Crippen molar-refractivity contribution >= 4 is 23.4 Å². The third kappa shape index (κ3) is 1.34. The zero-order chi connectivity index (χ0) is 11.2. The van der Waals surface area contributed by atoms with Crippen molar-refractivity contribution in [2.24, 2.45) is 5.73 Å². The van der Waals surface area contributed by atoms with Crippen LogP contribution in [0, 0.1) is 0 Å². The molecule has 2 amide bonds. The number of hydrogen-bond donors (Lipinski definition) is 1. The third-order valence-corrected chi connectivity index (χ3v) is 3.83. The number of amides is 2. The Morgan fingerprint density at radius 3 is 2.40 bits per heavy atom. The molecule has 15 heavy (non-hydrogen) atoms. The lowest BCUT2D eigenvalue weighted by Gasteiger charge is -2.32. The van der Waals surface area contributed by atoms with Crippen molar-refractivity contribution in [3.05, 3.63) is 0 Å². The van der Waals surface area contributed by atoms with Gasteiger partial charge in [0.05, 0.1) is 0 Å². The van der Waals surface area contributed by atoms with Crippen LogP contribution >= 0.6 is 11.6 Å². The van der Waals surface area contributed by atoms with E-state index in [0.29, 0.717) is 12.8 Å². The summed E-state index contributed by atoms with van der Waals surface area (Å²) in [6.45, 7) is 1.64. The van der Waals surface area contributed by atoms with Crippen LogP contribution < -0.4 is 5.73 Å². The largest absolute Gasteiger partial charge is 0.368 e. The predicted octanol–water partition coefficient (Wildman–Crippen LogP) is 0.623. The molecule has 2 rings (SSSR count). The number of hydrogen-bond acceptors (Lipinski definition) is 2. The van der Waals surface area contributed by atoms with Crippen LogP contribution in [-0.2, 0) is 9.59 Å². The Morgan fingerprint density at radius 2 is 2.00 bits per heavy atom. The Kier molecular flexibility index (Phi) is 2.41. The highest BCUT2D eigenvalue weighted by Gasteiger charge is 2.57. The molecule has 0 aliphatic carbocycles. The highest BCUT2D eigenvalue weighted by atomic mass is 35.5. The van der Waals surface area contributed by atoms with Crippen molar-refractivity contribution < 1.29 is 9.59 Å². The minimum Gasteiger partial charge on any atom is -0.368 e. The van der Waals surface area contributed by atoms with E-state index >= 15 is 0 Å². The van der Waals surface area contributed by atoms with Crippen molar-refractivity contribution in [3.8, 4) is 0 Å². The Morgan fingerprint density at radius 1 is 1.47 bits per heavy atom. The second-order valence-electron chi connectivity index (χ2n) is 4.45. The summed E-state index contributed by atoms with van der Waals surface area (Å²) in [5.74, 6) is -0.538. The first-order valence-corrected chi connectivity index (χ1v) is 5.70. The van der Waals surface area contributed by atoms with Gasteiger partial charge in [-0.15, -0.1) is 11.6 Å². The topological polar surface area (TPSA) is 63.4 Å². The fraction of sp³-hybridized carbons (Fsp3) is 0.800. The van der Waals surface area contributed by atoms with Crippen LogP contribution in [0.15, 0.2) is 0 Å². The van der Waals surface area contributed by atoms with Crippen molar-refractivity contribution in [1.29, 1.82) is 0 Å². The van der Waals surface area contributed by atoms with Crippen LogP contribution in [0.25, 0.3) is 0 Å². The average Bonchev–Trinajstić information content (AvgIpc) is 2.72. The van der Waals surface area contributed by atoms with E-state index < -0.39 is 10.9 Å². The van der Waals surface area contributed by atoms with Gasteiger partial charge in [0, 0.05) is 6.04 Å². The molecule has 0 radical (unpaired) electrons. The first-order valence-electron chi connectivity index (χ1n) is 5.26. The van der Waals surface area contributed by atoms with Crippen molar-refractivity contribution in [2.75, 3.05) is 0 Å². The lowest BCUT2D eigenvalue weighted by molar-refractivity contribution is -0.142. The molecule has 4 nitrogen and oxygen atoms in total. The second kappa shape index (κ2) is 3.37. The van der Waals surface area contributed by atoms with Crippen LogP contribution in [0.2, 0.25) is 0 Å². The number of carbonyl (C=O) groups is 2. The Hall–Kier alpha value is -0.770. The molecule has 84 valence electrons. The van der Waals surface area contributed by atoms with Gasteiger partial charge in [0.25, 0.3) is 0 Å². The van der Waals surface area contributed by atoms with Crippen LogP contribution in [-0.4, -0.2) is 33.7 Å². The standard InChI is InChI=1S/C10H15ClN2O2/c1-6(11)8(14)13-7-2-4-10(13,5-3-7)9(12)15/h6-7H,2-5H2,1H3,(H2,12,15). The summed E-state index contributed by atoms with van der Waals surface area (Å²) in [7, 11) is 0. The Labute approximate surface area is 93.7 Å². The maximum Gasteiger partial charge on any atom is 0.243 e. The molecular formula is C10H15ClN2O2. The average molecular weight is 231 g/mol. The summed E-state index contributed by atoms with van der Waals surface area (Å²) in [5.41, 5.74) is 4.69. The van der Waals surface area contributed by atoms with Gasteiger partial charge in [-0.3, -0.25) is 9.59 Å². The number of rotatable bonds is 2. The zero-order valence-electron chi connectivity index (χ0n) is 8.70. The molecule has 0 aromatic heterocycles. The molecule has 1 unspecified atom stereocenters. The fourth-order valence-electron chi connectivity index (χ4n) is 2.88. The summed E-state index contributed by atoms with van der Waals surface area (Å²) < 4.78 is 0. The van der Waals surface area contributed by atoms with Crippen molar-refractivity contribution in [1.82, 2.24) is 4.90 Å². The van der Waals surface area contributed by atoms with Crippen LogP contribution in [0.3, 0.4) is 0 Å². The Balaban J connectivity index is 2.32. The predicted molar refractivity (Wildman–Crippen MR) is 56.3 cm³/mol. The van der Waals surface area contributed by atoms with Gasteiger partial charge in [-0.1, -0.05) is 0 Å². The zero-order valence-corrected chi connectivity index (χ0v) is 9.46. The van der Waals surface area contributed by atoms with Gasteiger partial charge in [0.15, 0.2) is 0 Å². The van der Waals surface area contributed by atoms with E-state index in [1.807, 2.05) is 0 Å². The van der Waals surface area contributed by atoms with E-state index in [4.69, 9.17) is 17.3 Å². The molecule has 0 spiro atoms. The fourth-order valence-corrected chi connectivity index (χ4v) is 2.98. The summed E-state index contributed by atoms with van der Waals surface area (Å²) in [4.78, 5) is 25.1. The number of fused-ring (bicyclic) bond motifs is 2. The van der Waals surface area contributed by atoms with E-state index in [-0.39, 0.29) is 17.9 Å². The molecule has 2 N–H and O–H groups in total. The van der Waals surface area contributed by atoms with Gasteiger partial charge in [-0.2, -0.15) is 0 Å². The van der Waals surface area contributed by atoms with Crippen molar-refractivity contribution in [3.63, 3.8) is 0 Å². The maximum absolute atomic E-state index is 11.9. The minimum absolute atomic E-state index is 0.157. The number of nitrogens with two attached hydrogens (primary N) is 1. The number of primary amides is 1. The molecule has 2 heterocycles. The summed E-state index contributed by atoms with van der Waals surface area (Å²) in [5, 5.41) is -0.581. The second-order valence-corrected chi connectivity index (χ2v) is 5.11. The highest BCUT2D eigenvalue weighted by molar-refractivity contribution is 6.30. The molecule has 2 bridgehead atoms. The molecule has 2 aliphatic heterocycles. The summed E-state index contributed by atoms with van der Waals surface area (Å²) >= 11 is 5.79. The van der Waals surface area contributed by atoms with Gasteiger partial charge >= 0.3 is 0 Å². The number of alkyl halides is 1. The third-order valence-electron chi connectivity index (χ3n) is 3.64. The number of carbonyl (C=O) groups excluding carboxylic acids is 2. The Bertz CT molecular complexity index is 309. The number of halogens is 1. The smallest absolute Gasteiger partial charge is 0.243 e. The molecule has 2 saturated heterocycles. The van der Waals surface area contributed by atoms with E-state index in [2.05, 4.69) is 0 Å². The molecule has 0 aromatic rings. The molecule has 2 aliphatic rings. The summed E-state index contributed by atoms with van der Waals surface area (Å²) in [6, 6.07) is 0.172. The van der Waals surface area contributed by atoms with Gasteiger partial charge < -0.3 is 10.6 Å². The van der Waals surface area contributed by atoms with Crippen LogP contribution in [0.5, 0.6) is 0 Å². The summed E-state index contributed by atoms with van der Waals surface area (Å²) in [6.07, 6.45) is 3.14. The molecule has 5 heteroatoms. The minimum atomic E-state index is -0.731. The molecule has 2 fully saturated rings. The lowest BCUT2D eigenvalue weighted by atomic mass is 9.87. The van der Waals surface area contributed by atoms with E-state index in [1.54, 1.807) is 11.8 Å². The lowest BCUT2D eigenvalue weighted by Crippen LogP contribution is -2.55. The monoisotopic (exact) mass is 230 g/mol. The van der Waals surface area contributed by atoms with E-state index in [1.165, 1.54) is 0 Å². The van der Waals surface area contributed by atoms with Gasteiger partial charge in [0.1, 0.15) is 10.9 Å².